The fraction of sp³-hybridized carbons (Fsp3) is 0.909. The Morgan fingerprint density at radius 2 is 2.38 bits per heavy atom. The summed E-state index contributed by atoms with van der Waals surface area (Å²) in [4.78, 5) is 13.2. The molecule has 0 aromatic heterocycles. The average Bonchev–Trinajstić information content (AvgIpc) is 2.28. The summed E-state index contributed by atoms with van der Waals surface area (Å²) in [6, 6.07) is -0.472. The highest BCUT2D eigenvalue weighted by Crippen LogP contribution is 2.08. The van der Waals surface area contributed by atoms with E-state index in [0.29, 0.717) is 19.7 Å². The molecule has 0 aromatic carbocycles. The number of carboxylic acid groups (broad SMARTS) is 1. The minimum absolute atomic E-state index is 0.254. The van der Waals surface area contributed by atoms with Gasteiger partial charge in [-0.25, -0.2) is 0 Å². The molecule has 1 aliphatic heterocycles. The molecule has 1 rings (SSSR count). The van der Waals surface area contributed by atoms with Gasteiger partial charge in [0.2, 0.25) is 0 Å². The minimum atomic E-state index is -0.776. The van der Waals surface area contributed by atoms with E-state index in [1.165, 1.54) is 0 Å². The van der Waals surface area contributed by atoms with Crippen LogP contribution in [0.3, 0.4) is 0 Å². The Morgan fingerprint density at radius 3 is 2.94 bits per heavy atom. The molecule has 1 heterocycles. The van der Waals surface area contributed by atoms with Crippen molar-refractivity contribution in [3.8, 4) is 0 Å². The lowest BCUT2D eigenvalue weighted by Crippen LogP contribution is -2.51. The first-order chi connectivity index (χ1) is 7.67. The number of carbonyl (C=O) groups is 1. The van der Waals surface area contributed by atoms with Crippen LogP contribution in [0.15, 0.2) is 0 Å². The van der Waals surface area contributed by atoms with Crippen molar-refractivity contribution < 1.29 is 14.6 Å². The molecule has 2 N–H and O–H groups in total. The quantitative estimate of drug-likeness (QED) is 0.680. The van der Waals surface area contributed by atoms with Crippen molar-refractivity contribution in [2.75, 3.05) is 32.8 Å². The van der Waals surface area contributed by atoms with Crippen molar-refractivity contribution >= 4 is 5.97 Å². The largest absolute Gasteiger partial charge is 0.480 e. The summed E-state index contributed by atoms with van der Waals surface area (Å²) < 4.78 is 5.55. The molecule has 2 unspecified atom stereocenters. The molecule has 1 fully saturated rings. The summed E-state index contributed by atoms with van der Waals surface area (Å²) >= 11 is 0. The molecule has 0 amide bonds. The number of morpholine rings is 1. The number of nitrogens with zero attached hydrogens (tertiary/aromatic N) is 1. The molecular weight excluding hydrogens is 208 g/mol. The van der Waals surface area contributed by atoms with E-state index in [4.69, 9.17) is 9.84 Å². The first-order valence-corrected chi connectivity index (χ1v) is 5.97. The Balaban J connectivity index is 2.41. The summed E-state index contributed by atoms with van der Waals surface area (Å²) in [5.41, 5.74) is 0. The van der Waals surface area contributed by atoms with Gasteiger partial charge in [0.15, 0.2) is 0 Å². The van der Waals surface area contributed by atoms with Crippen LogP contribution in [0.1, 0.15) is 20.3 Å². The lowest BCUT2D eigenvalue weighted by atomic mass is 10.2. The lowest BCUT2D eigenvalue weighted by Gasteiger charge is -2.33. The Bertz CT molecular complexity index is 223. The number of likely N-dealkylation sites (N-methyl/N-ethyl adjacent to an activating group) is 1. The third-order valence-electron chi connectivity index (χ3n) is 2.87. The van der Waals surface area contributed by atoms with Crippen molar-refractivity contribution in [3.05, 3.63) is 0 Å². The molecule has 94 valence electrons. The van der Waals surface area contributed by atoms with Gasteiger partial charge >= 0.3 is 5.97 Å². The van der Waals surface area contributed by atoms with Crippen LogP contribution >= 0.6 is 0 Å². The molecule has 5 nitrogen and oxygen atoms in total. The van der Waals surface area contributed by atoms with Crippen LogP contribution in [0.25, 0.3) is 0 Å². The molecule has 0 radical (unpaired) electrons. The van der Waals surface area contributed by atoms with Gasteiger partial charge in [-0.3, -0.25) is 9.69 Å². The fourth-order valence-corrected chi connectivity index (χ4v) is 1.93. The number of aliphatic carboxylic acids is 1. The second kappa shape index (κ2) is 6.83. The van der Waals surface area contributed by atoms with Gasteiger partial charge in [-0.1, -0.05) is 13.8 Å². The maximum absolute atomic E-state index is 11.0. The van der Waals surface area contributed by atoms with Crippen LogP contribution in [0.5, 0.6) is 0 Å². The number of ether oxygens (including phenoxy) is 1. The highest BCUT2D eigenvalue weighted by molar-refractivity contribution is 5.73. The van der Waals surface area contributed by atoms with Crippen LogP contribution < -0.4 is 5.32 Å². The second-order valence-corrected chi connectivity index (χ2v) is 4.11. The topological polar surface area (TPSA) is 61.8 Å². The molecular formula is C11H22N2O3. The van der Waals surface area contributed by atoms with Gasteiger partial charge in [0.1, 0.15) is 6.04 Å². The molecule has 0 spiro atoms. The molecule has 2 atom stereocenters. The van der Waals surface area contributed by atoms with E-state index in [2.05, 4.69) is 17.1 Å². The van der Waals surface area contributed by atoms with E-state index in [9.17, 15) is 4.79 Å². The summed E-state index contributed by atoms with van der Waals surface area (Å²) in [5, 5.41) is 12.0. The molecule has 16 heavy (non-hydrogen) atoms. The SMILES string of the molecule is CCNC(CN1CCOC(CC)C1)C(=O)O. The predicted molar refractivity (Wildman–Crippen MR) is 61.6 cm³/mol. The lowest BCUT2D eigenvalue weighted by molar-refractivity contribution is -0.140. The van der Waals surface area contributed by atoms with Crippen LogP contribution in [-0.2, 0) is 9.53 Å². The van der Waals surface area contributed by atoms with Gasteiger partial charge in [0.05, 0.1) is 12.7 Å². The van der Waals surface area contributed by atoms with Gasteiger partial charge in [0.25, 0.3) is 0 Å². The first-order valence-electron chi connectivity index (χ1n) is 5.97. The third kappa shape index (κ3) is 4.08. The smallest absolute Gasteiger partial charge is 0.322 e. The molecule has 0 aromatic rings. The number of nitrogens with one attached hydrogen (secondary N) is 1. The fourth-order valence-electron chi connectivity index (χ4n) is 1.93. The second-order valence-electron chi connectivity index (χ2n) is 4.11. The zero-order valence-electron chi connectivity index (χ0n) is 10.1. The molecule has 1 aliphatic rings. The van der Waals surface area contributed by atoms with E-state index in [1.54, 1.807) is 0 Å². The summed E-state index contributed by atoms with van der Waals surface area (Å²) in [6.45, 7) is 7.62. The maximum Gasteiger partial charge on any atom is 0.322 e. The third-order valence-corrected chi connectivity index (χ3v) is 2.87. The summed E-state index contributed by atoms with van der Waals surface area (Å²) in [7, 11) is 0. The van der Waals surface area contributed by atoms with Crippen molar-refractivity contribution in [1.29, 1.82) is 0 Å². The molecule has 5 heteroatoms. The van der Waals surface area contributed by atoms with Crippen molar-refractivity contribution in [3.63, 3.8) is 0 Å². The number of hydrogen-bond acceptors (Lipinski definition) is 4. The van der Waals surface area contributed by atoms with E-state index in [1.807, 2.05) is 6.92 Å². The predicted octanol–water partition coefficient (Wildman–Crippen LogP) is 0.160. The average molecular weight is 230 g/mol. The van der Waals surface area contributed by atoms with Gasteiger partial charge < -0.3 is 15.2 Å². The Morgan fingerprint density at radius 1 is 1.62 bits per heavy atom. The summed E-state index contributed by atoms with van der Waals surface area (Å²) in [6.07, 6.45) is 1.24. The van der Waals surface area contributed by atoms with Gasteiger partial charge in [-0.05, 0) is 13.0 Å². The normalized spacial score (nSPS) is 24.2. The van der Waals surface area contributed by atoms with Crippen molar-refractivity contribution in [1.82, 2.24) is 10.2 Å². The van der Waals surface area contributed by atoms with Gasteiger partial charge in [0, 0.05) is 19.6 Å². The monoisotopic (exact) mass is 230 g/mol. The van der Waals surface area contributed by atoms with E-state index >= 15 is 0 Å². The van der Waals surface area contributed by atoms with Crippen molar-refractivity contribution in [2.45, 2.75) is 32.4 Å². The van der Waals surface area contributed by atoms with E-state index < -0.39 is 12.0 Å². The van der Waals surface area contributed by atoms with Crippen LogP contribution in [0.4, 0.5) is 0 Å². The minimum Gasteiger partial charge on any atom is -0.480 e. The molecule has 0 aliphatic carbocycles. The molecule has 0 saturated carbocycles. The van der Waals surface area contributed by atoms with Crippen LogP contribution in [0, 0.1) is 0 Å². The Labute approximate surface area is 96.8 Å². The highest BCUT2D eigenvalue weighted by Gasteiger charge is 2.24. The highest BCUT2D eigenvalue weighted by atomic mass is 16.5. The Kier molecular flexibility index (Phi) is 5.73. The van der Waals surface area contributed by atoms with Crippen LogP contribution in [-0.4, -0.2) is 60.9 Å². The van der Waals surface area contributed by atoms with Gasteiger partial charge in [-0.15, -0.1) is 0 Å². The van der Waals surface area contributed by atoms with Crippen molar-refractivity contribution in [2.24, 2.45) is 0 Å². The molecule has 1 saturated heterocycles. The zero-order chi connectivity index (χ0) is 12.0. The Hall–Kier alpha value is -0.650. The number of carboxylic acids is 1. The standard InChI is InChI=1S/C11H22N2O3/c1-3-9-7-13(5-6-16-9)8-10(11(14)15)12-4-2/h9-10,12H,3-8H2,1-2H3,(H,14,15). The number of rotatable bonds is 6. The molecule has 0 bridgehead atoms. The van der Waals surface area contributed by atoms with E-state index in [-0.39, 0.29) is 6.10 Å². The van der Waals surface area contributed by atoms with E-state index in [0.717, 1.165) is 19.5 Å². The van der Waals surface area contributed by atoms with Crippen LogP contribution in [0.2, 0.25) is 0 Å². The van der Waals surface area contributed by atoms with Gasteiger partial charge in [-0.2, -0.15) is 0 Å². The summed E-state index contributed by atoms with van der Waals surface area (Å²) in [5.74, 6) is -0.776. The first kappa shape index (κ1) is 13.4. The maximum atomic E-state index is 11.0. The number of hydrogen-bond donors (Lipinski definition) is 2. The zero-order valence-corrected chi connectivity index (χ0v) is 10.1.